The normalized spacial score (nSPS) is 16.8. The van der Waals surface area contributed by atoms with E-state index in [1.54, 1.807) is 0 Å². The number of fused-ring (bicyclic) bond motifs is 6. The maximum Gasteiger partial charge on any atom is 0.247 e. The molecule has 0 amide bonds. The maximum absolute atomic E-state index is 6.54. The van der Waals surface area contributed by atoms with E-state index in [9.17, 15) is 0 Å². The quantitative estimate of drug-likeness (QED) is 0.165. The van der Waals surface area contributed by atoms with E-state index < -0.39 is 0 Å². The minimum Gasteiger partial charge on any atom is -0.493 e. The molecule has 1 fully saturated rings. The number of nitrogens with zero attached hydrogens (tertiary/aromatic N) is 2. The van der Waals surface area contributed by atoms with Crippen LogP contribution in [0.4, 0.5) is 28.4 Å². The Balaban J connectivity index is 1.13. The molecule has 1 atom stereocenters. The van der Waals surface area contributed by atoms with Gasteiger partial charge in [0.05, 0.1) is 12.3 Å². The molecule has 1 unspecified atom stereocenters. The Bertz CT molecular complexity index is 3140. The Labute approximate surface area is 362 Å². The van der Waals surface area contributed by atoms with Crippen molar-refractivity contribution in [3.05, 3.63) is 173 Å². The first-order valence-electron chi connectivity index (χ1n) is 21.8. The lowest BCUT2D eigenvalue weighted by Crippen LogP contribution is -2.57. The number of anilines is 5. The summed E-state index contributed by atoms with van der Waals surface area (Å²) in [7, 11) is 0. The zero-order valence-corrected chi connectivity index (χ0v) is 36.0. The molecule has 0 spiro atoms. The van der Waals surface area contributed by atoms with E-state index in [2.05, 4.69) is 161 Å². The fourth-order valence-electron chi connectivity index (χ4n) is 10.5. The summed E-state index contributed by atoms with van der Waals surface area (Å²) in [5.74, 6) is 2.60. The van der Waals surface area contributed by atoms with Gasteiger partial charge in [-0.05, 0) is 120 Å². The van der Waals surface area contributed by atoms with Gasteiger partial charge in [0.15, 0.2) is 0 Å². The summed E-state index contributed by atoms with van der Waals surface area (Å²) in [6, 6.07) is 46.1. The molecule has 7 heteroatoms. The van der Waals surface area contributed by atoms with Gasteiger partial charge < -0.3 is 28.1 Å². The second-order valence-electron chi connectivity index (χ2n) is 18.5. The molecule has 62 heavy (non-hydrogen) atoms. The van der Waals surface area contributed by atoms with Crippen LogP contribution >= 0.6 is 0 Å². The minimum absolute atomic E-state index is 0.0175. The van der Waals surface area contributed by atoms with Crippen LogP contribution in [-0.2, 0) is 14.9 Å². The fraction of sp³-hybridized carbons (Fsp3) is 0.200. The molecule has 0 N–H and O–H groups in total. The Hall–Kier alpha value is -6.70. The number of allylic oxidation sites excluding steroid dienone is 1. The summed E-state index contributed by atoms with van der Waals surface area (Å²) in [4.78, 5) is 5.03. The fourth-order valence-corrected chi connectivity index (χ4v) is 10.5. The third kappa shape index (κ3) is 5.75. The summed E-state index contributed by atoms with van der Waals surface area (Å²) in [5, 5.41) is 2.17. The zero-order chi connectivity index (χ0) is 42.0. The molecule has 3 aliphatic heterocycles. The maximum atomic E-state index is 6.54. The van der Waals surface area contributed by atoms with E-state index in [4.69, 9.17) is 18.3 Å². The lowest BCUT2D eigenvalue weighted by molar-refractivity contribution is -0.0423. The number of ether oxygens (including phenoxy) is 2. The number of benzene rings is 6. The predicted molar refractivity (Wildman–Crippen MR) is 253 cm³/mol. The minimum atomic E-state index is -0.137. The third-order valence-corrected chi connectivity index (χ3v) is 13.3. The van der Waals surface area contributed by atoms with Crippen molar-refractivity contribution >= 4 is 68.0 Å². The van der Waals surface area contributed by atoms with Crippen LogP contribution in [0.5, 0.6) is 0 Å². The first kappa shape index (κ1) is 37.1. The van der Waals surface area contributed by atoms with Crippen molar-refractivity contribution in [2.24, 2.45) is 0 Å². The second kappa shape index (κ2) is 13.7. The summed E-state index contributed by atoms with van der Waals surface area (Å²) in [5.41, 5.74) is 19.6. The Morgan fingerprint density at radius 1 is 0.629 bits per heavy atom. The van der Waals surface area contributed by atoms with E-state index in [-0.39, 0.29) is 18.2 Å². The first-order valence-corrected chi connectivity index (χ1v) is 21.8. The van der Waals surface area contributed by atoms with Gasteiger partial charge >= 0.3 is 0 Å². The average molecular weight is 811 g/mol. The van der Waals surface area contributed by atoms with Gasteiger partial charge in [-0.3, -0.25) is 0 Å². The van der Waals surface area contributed by atoms with Gasteiger partial charge in [0.25, 0.3) is 0 Å². The zero-order valence-electron chi connectivity index (χ0n) is 36.0. The lowest BCUT2D eigenvalue weighted by atomic mass is 9.32. The molecule has 6 aromatic carbocycles. The smallest absolute Gasteiger partial charge is 0.247 e. The van der Waals surface area contributed by atoms with Crippen LogP contribution in [0.2, 0.25) is 0 Å². The Morgan fingerprint density at radius 2 is 1.29 bits per heavy atom. The number of hydrogen-bond donors (Lipinski definition) is 0. The molecular formula is C55H47BN2O4. The van der Waals surface area contributed by atoms with Gasteiger partial charge in [0, 0.05) is 56.4 Å². The van der Waals surface area contributed by atoms with Gasteiger partial charge in [-0.1, -0.05) is 99.0 Å². The molecule has 1 saturated heterocycles. The van der Waals surface area contributed by atoms with Crippen LogP contribution in [0.1, 0.15) is 49.4 Å². The van der Waals surface area contributed by atoms with Crippen LogP contribution < -0.4 is 20.7 Å². The topological polar surface area (TPSA) is 51.2 Å². The number of rotatable bonds is 4. The third-order valence-electron chi connectivity index (χ3n) is 13.3. The van der Waals surface area contributed by atoms with E-state index in [1.165, 1.54) is 55.7 Å². The molecule has 2 aromatic heterocycles. The van der Waals surface area contributed by atoms with Crippen LogP contribution in [0.25, 0.3) is 44.6 Å². The van der Waals surface area contributed by atoms with Crippen molar-refractivity contribution in [2.45, 2.75) is 59.5 Å². The molecule has 0 bridgehead atoms. The van der Waals surface area contributed by atoms with E-state index in [1.807, 2.05) is 24.3 Å². The second-order valence-corrected chi connectivity index (χ2v) is 18.5. The molecule has 1 aliphatic carbocycles. The van der Waals surface area contributed by atoms with Gasteiger partial charge in [-0.2, -0.15) is 0 Å². The SMILES string of the molecule is Cc1cc2c3c(c1)N(c1cccc(-c4cc5ccccc5o4)c1)c1cc(-c4cc5ccccc5o4)ccc1B3C1=C(C=C3OCCOC3C1)N2c1c(C)cc(C(C)(C)C)cc1C. The van der Waals surface area contributed by atoms with Crippen molar-refractivity contribution in [3.63, 3.8) is 0 Å². The van der Waals surface area contributed by atoms with Gasteiger partial charge in [0.1, 0.15) is 41.2 Å². The lowest BCUT2D eigenvalue weighted by Gasteiger charge is -2.47. The first-order chi connectivity index (χ1) is 30.1. The van der Waals surface area contributed by atoms with E-state index in [0.717, 1.165) is 73.8 Å². The highest BCUT2D eigenvalue weighted by molar-refractivity contribution is 6.95. The van der Waals surface area contributed by atoms with E-state index in [0.29, 0.717) is 13.2 Å². The highest BCUT2D eigenvalue weighted by Crippen LogP contribution is 2.50. The monoisotopic (exact) mass is 810 g/mol. The molecule has 304 valence electrons. The van der Waals surface area contributed by atoms with Crippen LogP contribution in [-0.4, -0.2) is 26.0 Å². The summed E-state index contributed by atoms with van der Waals surface area (Å²) >= 11 is 0. The molecule has 0 saturated carbocycles. The predicted octanol–water partition coefficient (Wildman–Crippen LogP) is 12.8. The molecule has 12 rings (SSSR count). The van der Waals surface area contributed by atoms with Crippen molar-refractivity contribution in [3.8, 4) is 22.6 Å². The summed E-state index contributed by atoms with van der Waals surface area (Å²) < 4.78 is 25.9. The van der Waals surface area contributed by atoms with Gasteiger partial charge in [0.2, 0.25) is 6.71 Å². The Kier molecular flexibility index (Phi) is 8.17. The molecule has 5 heterocycles. The molecule has 8 aromatic rings. The summed E-state index contributed by atoms with van der Waals surface area (Å²) in [6.07, 6.45) is 2.89. The molecular weight excluding hydrogens is 763 g/mol. The van der Waals surface area contributed by atoms with Gasteiger partial charge in [-0.15, -0.1) is 0 Å². The number of hydrogen-bond acceptors (Lipinski definition) is 6. The highest BCUT2D eigenvalue weighted by atomic mass is 16.6. The molecule has 0 radical (unpaired) electrons. The van der Waals surface area contributed by atoms with Crippen LogP contribution in [0.3, 0.4) is 0 Å². The van der Waals surface area contributed by atoms with Crippen molar-refractivity contribution in [1.29, 1.82) is 0 Å². The highest BCUT2D eigenvalue weighted by Gasteiger charge is 2.47. The molecule has 4 aliphatic rings. The van der Waals surface area contributed by atoms with Gasteiger partial charge in [-0.25, -0.2) is 0 Å². The largest absolute Gasteiger partial charge is 0.493 e. The molecule has 6 nitrogen and oxygen atoms in total. The van der Waals surface area contributed by atoms with Crippen molar-refractivity contribution in [1.82, 2.24) is 0 Å². The Morgan fingerprint density at radius 3 is 1.97 bits per heavy atom. The average Bonchev–Trinajstić information content (AvgIpc) is 3.91. The van der Waals surface area contributed by atoms with Crippen LogP contribution in [0, 0.1) is 20.8 Å². The van der Waals surface area contributed by atoms with Crippen LogP contribution in [0.15, 0.2) is 159 Å². The number of aryl methyl sites for hydroxylation is 3. The van der Waals surface area contributed by atoms with Crippen molar-refractivity contribution in [2.75, 3.05) is 23.0 Å². The van der Waals surface area contributed by atoms with Crippen molar-refractivity contribution < 1.29 is 18.3 Å². The number of furan rings is 2. The standard InChI is InChI=1S/C55H47BN2O4/c1-32-22-45-53-46(23-32)58(54-33(2)24-39(25-34(54)3)55(4,5)6)44-31-52-51(59-20-21-60-52)30-42(44)56(53)41-19-18-38(50-29-37-13-8-10-17-48(37)62-50)27-43(41)57(45)40-15-11-14-35(26-40)49-28-36-12-7-9-16-47(36)61-49/h7-19,22-29,31,51H,20-21,30H2,1-6H3. The number of para-hydroxylation sites is 2. The van der Waals surface area contributed by atoms with E-state index >= 15 is 0 Å². The summed E-state index contributed by atoms with van der Waals surface area (Å²) in [6.45, 7) is 14.8.